The number of aromatic amines is 1. The van der Waals surface area contributed by atoms with Gasteiger partial charge in [-0.3, -0.25) is 14.3 Å². The monoisotopic (exact) mass is 562 g/mol. The number of hydrogen-bond acceptors (Lipinski definition) is 8. The summed E-state index contributed by atoms with van der Waals surface area (Å²) < 4.78 is 18.4. The van der Waals surface area contributed by atoms with Gasteiger partial charge in [0.15, 0.2) is 0 Å². The van der Waals surface area contributed by atoms with Gasteiger partial charge in [0.25, 0.3) is 16.4 Å². The van der Waals surface area contributed by atoms with E-state index in [0.29, 0.717) is 0 Å². The van der Waals surface area contributed by atoms with E-state index in [1.165, 1.54) is 26.5 Å². The van der Waals surface area contributed by atoms with Crippen LogP contribution in [0.4, 0.5) is 0 Å². The van der Waals surface area contributed by atoms with E-state index in [9.17, 15) is 19.8 Å². The molecule has 0 aliphatic carbocycles. The highest BCUT2D eigenvalue weighted by Crippen LogP contribution is 2.62. The molecule has 10 heteroatoms. The normalized spacial score (nSPS) is 22.3. The number of H-pyrrole nitrogens is 1. The minimum Gasteiger partial charge on any atom is -0.394 e. The van der Waals surface area contributed by atoms with E-state index in [-0.39, 0.29) is 0 Å². The first-order valence-electron chi connectivity index (χ1n) is 12.6. The summed E-state index contributed by atoms with van der Waals surface area (Å²) >= 11 is 1.16. The molecule has 40 heavy (non-hydrogen) atoms. The van der Waals surface area contributed by atoms with Gasteiger partial charge in [0.1, 0.15) is 12.2 Å². The maximum Gasteiger partial charge on any atom is 0.331 e. The Kier molecular flexibility index (Phi) is 7.83. The maximum absolute atomic E-state index is 13.5. The zero-order chi connectivity index (χ0) is 28.4. The molecule has 0 saturated carbocycles. The number of aromatic nitrogens is 2. The fraction of sp³-hybridized carbons (Fsp3) is 0.267. The molecule has 3 atom stereocenters. The molecule has 9 nitrogen and oxygen atoms in total. The number of thioether (sulfide) groups is 1. The van der Waals surface area contributed by atoms with Crippen molar-refractivity contribution in [3.63, 3.8) is 0 Å². The molecule has 0 amide bonds. The molecule has 208 valence electrons. The van der Waals surface area contributed by atoms with Gasteiger partial charge >= 0.3 is 5.69 Å². The van der Waals surface area contributed by atoms with E-state index >= 15 is 0 Å². The predicted molar refractivity (Wildman–Crippen MR) is 151 cm³/mol. The van der Waals surface area contributed by atoms with Crippen molar-refractivity contribution < 1.29 is 24.4 Å². The summed E-state index contributed by atoms with van der Waals surface area (Å²) in [4.78, 5) is 27.9. The van der Waals surface area contributed by atoms with Crippen LogP contribution in [0, 0.1) is 0 Å². The van der Waals surface area contributed by atoms with Gasteiger partial charge in [-0.05, 0) is 16.7 Å². The Hall–Kier alpha value is -3.51. The Morgan fingerprint density at radius 1 is 0.875 bits per heavy atom. The lowest BCUT2D eigenvalue weighted by Gasteiger charge is -2.48. The lowest BCUT2D eigenvalue weighted by Crippen LogP contribution is -2.62. The van der Waals surface area contributed by atoms with E-state index in [0.717, 1.165) is 33.0 Å². The molecule has 1 fully saturated rings. The van der Waals surface area contributed by atoms with Gasteiger partial charge in [0.2, 0.25) is 0 Å². The molecule has 3 aromatic carbocycles. The van der Waals surface area contributed by atoms with Gasteiger partial charge in [-0.2, -0.15) is 0 Å². The maximum atomic E-state index is 13.5. The first kappa shape index (κ1) is 28.0. The SMILES string of the molecule is COC1(OC)[C@H](O)[C@@H](CO)O[C@@]1(SC(c1ccccc1)(c1ccccc1)c1ccccc1)n1ccc(=O)[nH]c1=O. The topological polar surface area (TPSA) is 123 Å². The number of aliphatic hydroxyl groups excluding tert-OH is 2. The number of benzene rings is 3. The predicted octanol–water partition coefficient (Wildman–Crippen LogP) is 2.61. The van der Waals surface area contributed by atoms with Crippen molar-refractivity contribution in [2.45, 2.75) is 27.8 Å². The summed E-state index contributed by atoms with van der Waals surface area (Å²) in [5, 5.41) is 19.8. The summed E-state index contributed by atoms with van der Waals surface area (Å²) in [7, 11) is 2.66. The third-order valence-corrected chi connectivity index (χ3v) is 9.12. The Labute approximate surface area is 235 Å². The van der Waals surface area contributed by atoms with E-state index in [1.807, 2.05) is 91.0 Å². The molecule has 0 unspecified atom stereocenters. The van der Waals surface area contributed by atoms with Crippen LogP contribution in [0.1, 0.15) is 16.7 Å². The lowest BCUT2D eigenvalue weighted by molar-refractivity contribution is -0.293. The van der Waals surface area contributed by atoms with Crippen molar-refractivity contribution in [2.24, 2.45) is 0 Å². The lowest BCUT2D eigenvalue weighted by atomic mass is 9.84. The van der Waals surface area contributed by atoms with Crippen LogP contribution in [0.5, 0.6) is 0 Å². The van der Waals surface area contributed by atoms with Crippen molar-refractivity contribution in [3.05, 3.63) is 141 Å². The smallest absolute Gasteiger partial charge is 0.331 e. The molecule has 1 aliphatic heterocycles. The number of methoxy groups -OCH3 is 2. The standard InChI is InChI=1S/C30H30N2O7S/c1-37-29(38-2)26(35)24(20-33)39-30(29,32-19-18-25(34)31-27(32)36)40-28(21-12-6-3-7-13-21,22-14-8-4-9-15-22)23-16-10-5-11-17-23/h3-19,24,26,33,35H,20H2,1-2H3,(H,31,34,36)/t24-,26-,30+/m1/s1. The minimum absolute atomic E-state index is 0.592. The second-order valence-electron chi connectivity index (χ2n) is 9.30. The van der Waals surface area contributed by atoms with Crippen LogP contribution in [0.15, 0.2) is 113 Å². The summed E-state index contributed by atoms with van der Waals surface area (Å²) in [5.74, 6) is -2.02. The molecule has 5 rings (SSSR count). The van der Waals surface area contributed by atoms with E-state index in [1.54, 1.807) is 0 Å². The molecule has 2 heterocycles. The van der Waals surface area contributed by atoms with Crippen molar-refractivity contribution >= 4 is 11.8 Å². The molecule has 0 radical (unpaired) electrons. The van der Waals surface area contributed by atoms with Crippen molar-refractivity contribution in [1.29, 1.82) is 0 Å². The number of rotatable bonds is 9. The zero-order valence-corrected chi connectivity index (χ0v) is 22.8. The Bertz CT molecular complexity index is 1440. The highest BCUT2D eigenvalue weighted by Gasteiger charge is 2.72. The van der Waals surface area contributed by atoms with Crippen molar-refractivity contribution in [2.75, 3.05) is 20.8 Å². The summed E-state index contributed by atoms with van der Waals surface area (Å²) in [6, 6.07) is 30.2. The number of ether oxygens (including phenoxy) is 3. The minimum atomic E-state index is -2.02. The second kappa shape index (κ2) is 11.2. The third kappa shape index (κ3) is 4.24. The van der Waals surface area contributed by atoms with Crippen LogP contribution in [-0.4, -0.2) is 58.6 Å². The molecular weight excluding hydrogens is 532 g/mol. The first-order valence-corrected chi connectivity index (χ1v) is 13.5. The Balaban J connectivity index is 1.93. The van der Waals surface area contributed by atoms with Crippen LogP contribution in [0.3, 0.4) is 0 Å². The molecule has 1 saturated heterocycles. The summed E-state index contributed by atoms with van der Waals surface area (Å²) in [5.41, 5.74) is 1.08. The molecule has 0 spiro atoms. The van der Waals surface area contributed by atoms with E-state index in [2.05, 4.69) is 4.98 Å². The van der Waals surface area contributed by atoms with Gasteiger partial charge in [-0.25, -0.2) is 4.79 Å². The average Bonchev–Trinajstić information content (AvgIpc) is 3.24. The number of hydrogen-bond donors (Lipinski definition) is 3. The highest BCUT2D eigenvalue weighted by molar-refractivity contribution is 8.01. The molecule has 3 N–H and O–H groups in total. The first-order chi connectivity index (χ1) is 19.4. The number of aliphatic hydroxyl groups is 2. The molecule has 0 bridgehead atoms. The van der Waals surface area contributed by atoms with Crippen LogP contribution < -0.4 is 11.2 Å². The molecule has 1 aromatic heterocycles. The molecule has 1 aliphatic rings. The fourth-order valence-electron chi connectivity index (χ4n) is 5.42. The van der Waals surface area contributed by atoms with Crippen LogP contribution in [0.2, 0.25) is 0 Å². The van der Waals surface area contributed by atoms with Gasteiger partial charge in [-0.1, -0.05) is 103 Å². The van der Waals surface area contributed by atoms with Crippen molar-refractivity contribution in [3.8, 4) is 0 Å². The van der Waals surface area contributed by atoms with Gasteiger partial charge in [-0.15, -0.1) is 0 Å². The van der Waals surface area contributed by atoms with E-state index in [4.69, 9.17) is 14.2 Å². The fourth-order valence-corrected chi connectivity index (χ4v) is 7.44. The Morgan fingerprint density at radius 3 is 1.75 bits per heavy atom. The largest absolute Gasteiger partial charge is 0.394 e. The highest BCUT2D eigenvalue weighted by atomic mass is 32.2. The zero-order valence-electron chi connectivity index (χ0n) is 22.0. The molecular formula is C30H30N2O7S. The van der Waals surface area contributed by atoms with Crippen molar-refractivity contribution in [1.82, 2.24) is 9.55 Å². The summed E-state index contributed by atoms with van der Waals surface area (Å²) in [6.07, 6.45) is -1.45. The van der Waals surface area contributed by atoms with Gasteiger partial charge < -0.3 is 24.4 Å². The number of nitrogens with one attached hydrogen (secondary N) is 1. The average molecular weight is 563 g/mol. The van der Waals surface area contributed by atoms with Crippen LogP contribution >= 0.6 is 11.8 Å². The third-order valence-electron chi connectivity index (χ3n) is 7.25. The molecule has 4 aromatic rings. The van der Waals surface area contributed by atoms with Gasteiger partial charge in [0, 0.05) is 26.5 Å². The van der Waals surface area contributed by atoms with Crippen LogP contribution in [-0.2, 0) is 24.0 Å². The van der Waals surface area contributed by atoms with Gasteiger partial charge in [0.05, 0.1) is 11.4 Å². The van der Waals surface area contributed by atoms with E-state index < -0.39 is 45.7 Å². The van der Waals surface area contributed by atoms with Crippen LogP contribution in [0.25, 0.3) is 0 Å². The quantitative estimate of drug-likeness (QED) is 0.210. The second-order valence-corrected chi connectivity index (χ2v) is 10.7. The Morgan fingerprint density at radius 2 is 1.35 bits per heavy atom. The summed E-state index contributed by atoms with van der Waals surface area (Å²) in [6.45, 7) is -0.592. The number of nitrogens with zero attached hydrogens (tertiary/aromatic N) is 1.